The Labute approximate surface area is 41.3 Å². The van der Waals surface area contributed by atoms with Crippen molar-refractivity contribution in [3.8, 4) is 0 Å². The molecule has 0 aromatic carbocycles. The van der Waals surface area contributed by atoms with Gasteiger partial charge in [-0.15, -0.1) is 0 Å². The lowest BCUT2D eigenvalue weighted by Gasteiger charge is -1.95. The van der Waals surface area contributed by atoms with Gasteiger partial charge in [0, 0.05) is 0 Å². The van der Waals surface area contributed by atoms with E-state index in [1.807, 2.05) is 0 Å². The van der Waals surface area contributed by atoms with Crippen molar-refractivity contribution in [1.82, 2.24) is 0 Å². The maximum Gasteiger partial charge on any atom is 0.421 e. The number of nitrogens with zero attached hydrogens (tertiary/aromatic N) is 1. The summed E-state index contributed by atoms with van der Waals surface area (Å²) < 4.78 is 8.65. The van der Waals surface area contributed by atoms with Crippen molar-refractivity contribution in [2.24, 2.45) is 5.16 Å². The van der Waals surface area contributed by atoms with E-state index in [2.05, 4.69) is 14.6 Å². The zero-order valence-corrected chi connectivity index (χ0v) is 4.21. The van der Waals surface area contributed by atoms with Gasteiger partial charge < -0.3 is 14.7 Å². The van der Waals surface area contributed by atoms with Gasteiger partial charge in [-0.25, -0.2) is 0 Å². The normalized spacial score (nSPS) is 7.14. The molecular weight excluding hydrogens is 98.0 g/mol. The molecule has 0 saturated carbocycles. The highest BCUT2D eigenvalue weighted by atomic mass is 16.7. The highest BCUT2D eigenvalue weighted by Gasteiger charge is 1.89. The number of hydrogen-bond acceptors (Lipinski definition) is 4. The molecule has 0 aliphatic rings. The Morgan fingerprint density at radius 3 is 1.86 bits per heavy atom. The van der Waals surface area contributed by atoms with E-state index in [0.29, 0.717) is 0 Å². The highest BCUT2D eigenvalue weighted by molar-refractivity contribution is 5.65. The summed E-state index contributed by atoms with van der Waals surface area (Å²) >= 11 is 0. The molecule has 0 radical (unpaired) electrons. The largest absolute Gasteiger partial charge is 0.452 e. The fourth-order valence-corrected chi connectivity index (χ4v) is 0.165. The van der Waals surface area contributed by atoms with Gasteiger partial charge in [-0.1, -0.05) is 0 Å². The first-order valence-electron chi connectivity index (χ1n) is 1.65. The minimum absolute atomic E-state index is 0.139. The van der Waals surface area contributed by atoms with Gasteiger partial charge in [0.2, 0.25) is 0 Å². The third-order valence-corrected chi connectivity index (χ3v) is 0.431. The van der Waals surface area contributed by atoms with Gasteiger partial charge >= 0.3 is 6.08 Å². The Balaban J connectivity index is 3.38. The number of ether oxygens (including phenoxy) is 2. The summed E-state index contributed by atoms with van der Waals surface area (Å²) in [4.78, 5) is 0. The van der Waals surface area contributed by atoms with Crippen molar-refractivity contribution in [3.05, 3.63) is 0 Å². The van der Waals surface area contributed by atoms with E-state index in [4.69, 9.17) is 5.21 Å². The fraction of sp³-hybridized carbons (Fsp3) is 0.667. The van der Waals surface area contributed by atoms with E-state index in [9.17, 15) is 0 Å². The average Bonchev–Trinajstić information content (AvgIpc) is 1.72. The molecular formula is C3H7NO3. The standard InChI is InChI=1S/C3H7NO3/c1-6-3(4-5)7-2/h5H,1-2H3. The molecule has 0 aromatic heterocycles. The second-order valence-electron chi connectivity index (χ2n) is 0.774. The summed E-state index contributed by atoms with van der Waals surface area (Å²) in [6.07, 6.45) is -0.139. The number of rotatable bonds is 0. The van der Waals surface area contributed by atoms with Crippen LogP contribution in [0.1, 0.15) is 0 Å². The smallest absolute Gasteiger partial charge is 0.421 e. The van der Waals surface area contributed by atoms with Crippen molar-refractivity contribution in [2.75, 3.05) is 14.2 Å². The molecule has 0 heterocycles. The summed E-state index contributed by atoms with van der Waals surface area (Å²) in [7, 11) is 2.69. The van der Waals surface area contributed by atoms with Crippen LogP contribution in [-0.4, -0.2) is 25.5 Å². The van der Waals surface area contributed by atoms with Crippen LogP contribution < -0.4 is 0 Å². The number of hydrogen-bond donors (Lipinski definition) is 1. The molecule has 4 nitrogen and oxygen atoms in total. The van der Waals surface area contributed by atoms with Crippen LogP contribution in [0.5, 0.6) is 0 Å². The summed E-state index contributed by atoms with van der Waals surface area (Å²) in [5, 5.41) is 10.5. The van der Waals surface area contributed by atoms with Crippen LogP contribution in [-0.2, 0) is 9.47 Å². The monoisotopic (exact) mass is 105 g/mol. The van der Waals surface area contributed by atoms with Crippen LogP contribution in [0.3, 0.4) is 0 Å². The Bertz CT molecular complexity index is 64.6. The third-order valence-electron chi connectivity index (χ3n) is 0.431. The third kappa shape index (κ3) is 1.86. The quantitative estimate of drug-likeness (QED) is 0.204. The lowest BCUT2D eigenvalue weighted by atomic mass is 11.2. The van der Waals surface area contributed by atoms with Gasteiger partial charge in [0.25, 0.3) is 0 Å². The highest BCUT2D eigenvalue weighted by Crippen LogP contribution is 1.74. The average molecular weight is 105 g/mol. The summed E-state index contributed by atoms with van der Waals surface area (Å²) in [5.74, 6) is 0. The second-order valence-corrected chi connectivity index (χ2v) is 0.774. The first-order valence-corrected chi connectivity index (χ1v) is 1.65. The molecule has 42 valence electrons. The molecule has 0 unspecified atom stereocenters. The molecule has 0 fully saturated rings. The Morgan fingerprint density at radius 1 is 1.43 bits per heavy atom. The Morgan fingerprint density at radius 2 is 1.86 bits per heavy atom. The summed E-state index contributed by atoms with van der Waals surface area (Å²) in [6.45, 7) is 0. The molecule has 0 atom stereocenters. The molecule has 0 aliphatic heterocycles. The topological polar surface area (TPSA) is 51.0 Å². The van der Waals surface area contributed by atoms with Crippen LogP contribution in [0.15, 0.2) is 5.16 Å². The van der Waals surface area contributed by atoms with Gasteiger partial charge in [0.1, 0.15) is 0 Å². The molecule has 0 rings (SSSR count). The maximum absolute atomic E-state index is 7.86. The van der Waals surface area contributed by atoms with Crippen molar-refractivity contribution < 1.29 is 14.7 Å². The van der Waals surface area contributed by atoms with Gasteiger partial charge in [-0.3, -0.25) is 0 Å². The fourth-order valence-electron chi connectivity index (χ4n) is 0.165. The Kier molecular flexibility index (Phi) is 2.83. The molecule has 0 aliphatic carbocycles. The van der Waals surface area contributed by atoms with Crippen LogP contribution in [0.4, 0.5) is 0 Å². The van der Waals surface area contributed by atoms with Gasteiger partial charge in [-0.2, -0.15) is 0 Å². The number of methoxy groups -OCH3 is 2. The van der Waals surface area contributed by atoms with E-state index in [1.165, 1.54) is 14.2 Å². The molecule has 0 bridgehead atoms. The van der Waals surface area contributed by atoms with E-state index in [1.54, 1.807) is 0 Å². The predicted molar refractivity (Wildman–Crippen MR) is 23.2 cm³/mol. The lowest BCUT2D eigenvalue weighted by Crippen LogP contribution is -2.02. The molecule has 0 amide bonds. The van der Waals surface area contributed by atoms with E-state index in [-0.39, 0.29) is 6.08 Å². The Hall–Kier alpha value is -0.930. The zero-order chi connectivity index (χ0) is 5.70. The van der Waals surface area contributed by atoms with Crippen molar-refractivity contribution >= 4 is 6.08 Å². The molecule has 1 N–H and O–H groups in total. The summed E-state index contributed by atoms with van der Waals surface area (Å²) in [6, 6.07) is 0. The zero-order valence-electron chi connectivity index (χ0n) is 4.21. The van der Waals surface area contributed by atoms with Crippen molar-refractivity contribution in [1.29, 1.82) is 0 Å². The maximum atomic E-state index is 7.86. The predicted octanol–water partition coefficient (Wildman–Crippen LogP) is 0.0244. The molecule has 7 heavy (non-hydrogen) atoms. The lowest BCUT2D eigenvalue weighted by molar-refractivity contribution is 0.197. The molecule has 0 aromatic rings. The van der Waals surface area contributed by atoms with Crippen molar-refractivity contribution in [3.63, 3.8) is 0 Å². The van der Waals surface area contributed by atoms with E-state index >= 15 is 0 Å². The van der Waals surface area contributed by atoms with E-state index < -0.39 is 0 Å². The molecule has 0 saturated heterocycles. The molecule has 0 spiro atoms. The minimum Gasteiger partial charge on any atom is -0.452 e. The van der Waals surface area contributed by atoms with Crippen LogP contribution >= 0.6 is 0 Å². The summed E-state index contributed by atoms with van der Waals surface area (Å²) in [5.41, 5.74) is 0. The van der Waals surface area contributed by atoms with E-state index in [0.717, 1.165) is 0 Å². The minimum atomic E-state index is -0.139. The van der Waals surface area contributed by atoms with Crippen LogP contribution in [0.2, 0.25) is 0 Å². The molecule has 4 heteroatoms. The first kappa shape index (κ1) is 6.07. The number of oxime groups is 1. The SMILES string of the molecule is COC(=NO)OC. The van der Waals surface area contributed by atoms with Gasteiger partial charge in [0.15, 0.2) is 0 Å². The van der Waals surface area contributed by atoms with Crippen LogP contribution in [0.25, 0.3) is 0 Å². The van der Waals surface area contributed by atoms with Gasteiger partial charge in [-0.05, 0) is 5.16 Å². The second kappa shape index (κ2) is 3.27. The van der Waals surface area contributed by atoms with Crippen molar-refractivity contribution in [2.45, 2.75) is 0 Å². The van der Waals surface area contributed by atoms with Gasteiger partial charge in [0.05, 0.1) is 14.2 Å². The van der Waals surface area contributed by atoms with Crippen LogP contribution in [0, 0.1) is 0 Å². The first-order chi connectivity index (χ1) is 3.35.